The van der Waals surface area contributed by atoms with E-state index in [1.807, 2.05) is 6.07 Å². The minimum absolute atomic E-state index is 0.0383. The highest BCUT2D eigenvalue weighted by molar-refractivity contribution is 6.04. The maximum absolute atomic E-state index is 14.1. The number of hydrogen-bond acceptors (Lipinski definition) is 5. The van der Waals surface area contributed by atoms with Gasteiger partial charge in [-0.2, -0.15) is 13.2 Å². The van der Waals surface area contributed by atoms with E-state index in [1.165, 1.54) is 12.1 Å². The number of halogens is 4. The van der Waals surface area contributed by atoms with Crippen molar-refractivity contribution in [3.05, 3.63) is 82.2 Å². The number of benzene rings is 2. The molecule has 10 heteroatoms. The van der Waals surface area contributed by atoms with Crippen LogP contribution in [0, 0.1) is 5.82 Å². The number of aromatic nitrogens is 2. The van der Waals surface area contributed by atoms with E-state index in [0.29, 0.717) is 37.1 Å². The van der Waals surface area contributed by atoms with Crippen molar-refractivity contribution in [1.29, 1.82) is 0 Å². The number of H-pyrrole nitrogens is 1. The second kappa shape index (κ2) is 8.88. The molecular formula is C27H22F4N4O2. The molecule has 0 spiro atoms. The summed E-state index contributed by atoms with van der Waals surface area (Å²) >= 11 is 0. The average Bonchev–Trinajstić information content (AvgIpc) is 3.29. The van der Waals surface area contributed by atoms with Crippen molar-refractivity contribution in [1.82, 2.24) is 15.3 Å². The summed E-state index contributed by atoms with van der Waals surface area (Å²) < 4.78 is 61.3. The molecule has 0 radical (unpaired) electrons. The van der Waals surface area contributed by atoms with Crippen LogP contribution in [0.3, 0.4) is 0 Å². The number of aromatic amines is 1. The van der Waals surface area contributed by atoms with E-state index in [1.54, 1.807) is 36.5 Å². The minimum Gasteiger partial charge on any atom is -0.422 e. The smallest absolute Gasteiger partial charge is 0.419 e. The maximum atomic E-state index is 14.1. The number of piperidine rings is 1. The normalized spacial score (nSPS) is 15.3. The van der Waals surface area contributed by atoms with Gasteiger partial charge in [-0.25, -0.2) is 14.2 Å². The largest absolute Gasteiger partial charge is 0.422 e. The van der Waals surface area contributed by atoms with E-state index in [0.717, 1.165) is 10.8 Å². The molecule has 6 rings (SSSR count). The molecule has 6 nitrogen and oxygen atoms in total. The number of hydrogen-bond donors (Lipinski definition) is 2. The number of fused-ring (bicyclic) bond motifs is 4. The second-order valence-electron chi connectivity index (χ2n) is 9.25. The molecule has 5 aromatic rings. The minimum atomic E-state index is -4.73. The predicted molar refractivity (Wildman–Crippen MR) is 133 cm³/mol. The van der Waals surface area contributed by atoms with Crippen molar-refractivity contribution in [3.8, 4) is 0 Å². The number of nitrogens with one attached hydrogen (secondary N) is 2. The quantitative estimate of drug-likeness (QED) is 0.238. The Morgan fingerprint density at radius 2 is 1.86 bits per heavy atom. The fourth-order valence-corrected chi connectivity index (χ4v) is 5.24. The first-order valence-corrected chi connectivity index (χ1v) is 12.0. The third-order valence-corrected chi connectivity index (χ3v) is 6.99. The number of nitrogens with zero attached hydrogens (tertiary/aromatic N) is 2. The first kappa shape index (κ1) is 23.5. The monoisotopic (exact) mass is 510 g/mol. The molecule has 1 aliphatic heterocycles. The van der Waals surface area contributed by atoms with Crippen LogP contribution in [0.1, 0.15) is 24.1 Å². The summed E-state index contributed by atoms with van der Waals surface area (Å²) in [5.41, 5.74) is -1.76. The summed E-state index contributed by atoms with van der Waals surface area (Å²) in [4.78, 5) is 21.9. The lowest BCUT2D eigenvalue weighted by Crippen LogP contribution is -2.42. The Hall–Kier alpha value is -3.92. The highest BCUT2D eigenvalue weighted by Crippen LogP contribution is 2.38. The van der Waals surface area contributed by atoms with Gasteiger partial charge >= 0.3 is 11.8 Å². The first-order valence-electron chi connectivity index (χ1n) is 12.0. The Kier molecular flexibility index (Phi) is 5.63. The van der Waals surface area contributed by atoms with Gasteiger partial charge in [0.15, 0.2) is 0 Å². The molecule has 1 aliphatic rings. The second-order valence-corrected chi connectivity index (χ2v) is 9.25. The summed E-state index contributed by atoms with van der Waals surface area (Å²) in [7, 11) is 0. The molecule has 0 bridgehead atoms. The topological polar surface area (TPSA) is 74.2 Å². The molecule has 0 unspecified atom stereocenters. The van der Waals surface area contributed by atoms with Crippen LogP contribution in [0.15, 0.2) is 63.9 Å². The molecular weight excluding hydrogens is 488 g/mol. The fourth-order valence-electron chi connectivity index (χ4n) is 5.24. The molecule has 2 aromatic carbocycles. The summed E-state index contributed by atoms with van der Waals surface area (Å²) in [5.74, 6) is 0.364. The third-order valence-electron chi connectivity index (χ3n) is 6.99. The maximum Gasteiger partial charge on any atom is 0.419 e. The molecule has 0 saturated carbocycles. The number of para-hydroxylation sites is 1. The van der Waals surface area contributed by atoms with Crippen LogP contribution in [0.25, 0.3) is 32.6 Å². The lowest BCUT2D eigenvalue weighted by Gasteiger charge is -2.34. The van der Waals surface area contributed by atoms with E-state index in [9.17, 15) is 22.4 Å². The van der Waals surface area contributed by atoms with Crippen LogP contribution in [0.2, 0.25) is 0 Å². The van der Waals surface area contributed by atoms with Gasteiger partial charge in [0.25, 0.3) is 0 Å². The van der Waals surface area contributed by atoms with Crippen molar-refractivity contribution in [2.45, 2.75) is 31.6 Å². The van der Waals surface area contributed by atoms with E-state index in [4.69, 9.17) is 4.42 Å². The van der Waals surface area contributed by atoms with Crippen LogP contribution in [-0.2, 0) is 12.7 Å². The zero-order valence-electron chi connectivity index (χ0n) is 19.5. The highest BCUT2D eigenvalue weighted by atomic mass is 19.4. The van der Waals surface area contributed by atoms with E-state index >= 15 is 0 Å². The first-order chi connectivity index (χ1) is 17.8. The number of pyridine rings is 1. The van der Waals surface area contributed by atoms with E-state index in [-0.39, 0.29) is 35.2 Å². The zero-order valence-corrected chi connectivity index (χ0v) is 19.5. The van der Waals surface area contributed by atoms with Gasteiger partial charge in [0, 0.05) is 48.3 Å². The molecule has 1 fully saturated rings. The number of anilines is 1. The average molecular weight is 510 g/mol. The van der Waals surface area contributed by atoms with Crippen molar-refractivity contribution in [3.63, 3.8) is 0 Å². The molecule has 37 heavy (non-hydrogen) atoms. The van der Waals surface area contributed by atoms with Crippen LogP contribution in [-0.4, -0.2) is 29.1 Å². The Morgan fingerprint density at radius 3 is 2.65 bits per heavy atom. The summed E-state index contributed by atoms with van der Waals surface area (Å²) in [6, 6.07) is 12.9. The van der Waals surface area contributed by atoms with Crippen LogP contribution < -0.4 is 15.8 Å². The van der Waals surface area contributed by atoms with Gasteiger partial charge in [-0.1, -0.05) is 18.2 Å². The molecule has 4 heterocycles. The number of rotatable bonds is 4. The fraction of sp³-hybridized carbons (Fsp3) is 0.259. The van der Waals surface area contributed by atoms with Gasteiger partial charge in [0.05, 0.1) is 16.5 Å². The lowest BCUT2D eigenvalue weighted by atomic mass is 10.0. The van der Waals surface area contributed by atoms with Gasteiger partial charge in [-0.15, -0.1) is 0 Å². The molecule has 2 N–H and O–H groups in total. The van der Waals surface area contributed by atoms with E-state index in [2.05, 4.69) is 20.2 Å². The molecule has 3 aromatic heterocycles. The standard InChI is InChI=1S/C27H22F4N4O2/c28-16-6-5-15-7-10-32-25(19(15)13-16)35-11-8-17(9-12-35)33-14-20-23(27(29,30)31)22-24(34-20)18-3-1-2-4-21(18)37-26(22)36/h1-7,10,13,17,33-34H,8-9,11-12,14H2. The predicted octanol–water partition coefficient (Wildman–Crippen LogP) is 5.74. The van der Waals surface area contributed by atoms with Gasteiger partial charge in [-0.05, 0) is 48.6 Å². The molecule has 0 atom stereocenters. The molecule has 0 aliphatic carbocycles. The summed E-state index contributed by atoms with van der Waals surface area (Å²) in [6.07, 6.45) is -1.71. The third kappa shape index (κ3) is 4.21. The Bertz CT molecular complexity index is 1680. The van der Waals surface area contributed by atoms with Crippen LogP contribution in [0.5, 0.6) is 0 Å². The number of alkyl halides is 3. The molecule has 0 amide bonds. The van der Waals surface area contributed by atoms with Crippen molar-refractivity contribution < 1.29 is 22.0 Å². The Labute approximate surface area is 207 Å². The zero-order chi connectivity index (χ0) is 25.7. The molecule has 1 saturated heterocycles. The molecule has 190 valence electrons. The van der Waals surface area contributed by atoms with Gasteiger partial charge < -0.3 is 19.6 Å². The van der Waals surface area contributed by atoms with Crippen molar-refractivity contribution in [2.75, 3.05) is 18.0 Å². The van der Waals surface area contributed by atoms with Crippen LogP contribution >= 0.6 is 0 Å². The summed E-state index contributed by atoms with van der Waals surface area (Å²) in [5, 5.41) is 4.78. The van der Waals surface area contributed by atoms with Crippen LogP contribution in [0.4, 0.5) is 23.4 Å². The van der Waals surface area contributed by atoms with E-state index < -0.39 is 22.8 Å². The van der Waals surface area contributed by atoms with Gasteiger partial charge in [0.1, 0.15) is 17.2 Å². The van der Waals surface area contributed by atoms with Gasteiger partial charge in [0.2, 0.25) is 0 Å². The highest BCUT2D eigenvalue weighted by Gasteiger charge is 2.39. The Morgan fingerprint density at radius 1 is 1.08 bits per heavy atom. The van der Waals surface area contributed by atoms with Crippen molar-refractivity contribution in [2.24, 2.45) is 0 Å². The van der Waals surface area contributed by atoms with Crippen molar-refractivity contribution >= 4 is 38.5 Å². The lowest BCUT2D eigenvalue weighted by molar-refractivity contribution is -0.137. The van der Waals surface area contributed by atoms with Gasteiger partial charge in [-0.3, -0.25) is 0 Å². The Balaban J connectivity index is 1.24. The summed E-state index contributed by atoms with van der Waals surface area (Å²) in [6.45, 7) is 1.15. The SMILES string of the molecule is O=c1oc2ccccc2c2[nH]c(CNC3CCN(c4nccc5ccc(F)cc45)CC3)c(C(F)(F)F)c12.